The predicted octanol–water partition coefficient (Wildman–Crippen LogP) is 2.64. The standard InChI is InChI=1S/C17H26N4O.2ClH/c1-13-12-18-9-7-15(13)20-17(22)14-6-5-8-19-16(14)21-10-3-2-4-11-21;;/h5-6,8,13,15,18H,2-4,7,9-12H2,1H3,(H,20,22);2*1H. The van der Waals surface area contributed by atoms with Crippen LogP contribution >= 0.6 is 24.8 Å². The van der Waals surface area contributed by atoms with Crippen molar-refractivity contribution in [1.29, 1.82) is 0 Å². The van der Waals surface area contributed by atoms with Crippen molar-refractivity contribution >= 4 is 36.5 Å². The number of hydrogen-bond acceptors (Lipinski definition) is 4. The van der Waals surface area contributed by atoms with Crippen molar-refractivity contribution < 1.29 is 4.79 Å². The van der Waals surface area contributed by atoms with Gasteiger partial charge in [-0.15, -0.1) is 24.8 Å². The fraction of sp³-hybridized carbons (Fsp3) is 0.647. The molecule has 0 spiro atoms. The van der Waals surface area contributed by atoms with Gasteiger partial charge >= 0.3 is 0 Å². The molecule has 0 saturated carbocycles. The maximum atomic E-state index is 12.7. The summed E-state index contributed by atoms with van der Waals surface area (Å²) in [6, 6.07) is 4.01. The largest absolute Gasteiger partial charge is 0.356 e. The first-order valence-electron chi connectivity index (χ1n) is 8.47. The number of piperidine rings is 2. The van der Waals surface area contributed by atoms with Gasteiger partial charge in [-0.3, -0.25) is 4.79 Å². The van der Waals surface area contributed by atoms with Crippen molar-refractivity contribution in [3.63, 3.8) is 0 Å². The molecule has 2 saturated heterocycles. The number of anilines is 1. The average Bonchev–Trinajstić information content (AvgIpc) is 2.58. The molecule has 136 valence electrons. The average molecular weight is 375 g/mol. The second-order valence-electron chi connectivity index (χ2n) is 6.47. The minimum absolute atomic E-state index is 0. The van der Waals surface area contributed by atoms with Gasteiger partial charge in [0.15, 0.2) is 0 Å². The van der Waals surface area contributed by atoms with Crippen molar-refractivity contribution in [3.05, 3.63) is 23.9 Å². The molecule has 5 nitrogen and oxygen atoms in total. The van der Waals surface area contributed by atoms with Crippen LogP contribution in [0.2, 0.25) is 0 Å². The van der Waals surface area contributed by atoms with E-state index in [2.05, 4.69) is 27.4 Å². The number of aromatic nitrogens is 1. The van der Waals surface area contributed by atoms with Crippen molar-refractivity contribution in [3.8, 4) is 0 Å². The molecule has 2 unspecified atom stereocenters. The number of pyridine rings is 1. The smallest absolute Gasteiger partial charge is 0.255 e. The summed E-state index contributed by atoms with van der Waals surface area (Å²) in [6.07, 6.45) is 6.42. The Morgan fingerprint density at radius 3 is 2.75 bits per heavy atom. The van der Waals surface area contributed by atoms with Gasteiger partial charge < -0.3 is 15.5 Å². The Kier molecular flexibility index (Phi) is 8.81. The van der Waals surface area contributed by atoms with Crippen LogP contribution in [0, 0.1) is 5.92 Å². The van der Waals surface area contributed by atoms with Gasteiger partial charge in [0.05, 0.1) is 5.56 Å². The Hall–Kier alpha value is -1.04. The number of rotatable bonds is 3. The zero-order valence-corrected chi connectivity index (χ0v) is 15.8. The summed E-state index contributed by atoms with van der Waals surface area (Å²) in [6.45, 7) is 6.13. The normalized spacial score (nSPS) is 23.6. The van der Waals surface area contributed by atoms with Crippen LogP contribution in [0.5, 0.6) is 0 Å². The molecule has 2 fully saturated rings. The summed E-state index contributed by atoms with van der Waals surface area (Å²) in [5.41, 5.74) is 0.718. The third kappa shape index (κ3) is 4.98. The van der Waals surface area contributed by atoms with E-state index in [0.29, 0.717) is 5.92 Å². The predicted molar refractivity (Wildman–Crippen MR) is 103 cm³/mol. The van der Waals surface area contributed by atoms with Gasteiger partial charge in [-0.1, -0.05) is 6.92 Å². The van der Waals surface area contributed by atoms with E-state index >= 15 is 0 Å². The lowest BCUT2D eigenvalue weighted by molar-refractivity contribution is 0.0914. The zero-order chi connectivity index (χ0) is 15.4. The summed E-state index contributed by atoms with van der Waals surface area (Å²) in [7, 11) is 0. The highest BCUT2D eigenvalue weighted by molar-refractivity contribution is 5.99. The molecule has 1 aromatic rings. The maximum Gasteiger partial charge on any atom is 0.255 e. The Morgan fingerprint density at radius 1 is 1.29 bits per heavy atom. The number of carbonyl (C=O) groups excluding carboxylic acids is 1. The number of halogens is 2. The van der Waals surface area contributed by atoms with Crippen LogP contribution in [0.15, 0.2) is 18.3 Å². The third-order valence-electron chi connectivity index (χ3n) is 4.79. The lowest BCUT2D eigenvalue weighted by atomic mass is 9.95. The van der Waals surface area contributed by atoms with Gasteiger partial charge in [0.2, 0.25) is 0 Å². The van der Waals surface area contributed by atoms with E-state index in [1.807, 2.05) is 12.1 Å². The first-order chi connectivity index (χ1) is 10.8. The van der Waals surface area contributed by atoms with Gasteiger partial charge in [0.1, 0.15) is 5.82 Å². The van der Waals surface area contributed by atoms with Gasteiger partial charge in [-0.25, -0.2) is 4.98 Å². The van der Waals surface area contributed by atoms with Crippen LogP contribution in [0.4, 0.5) is 5.82 Å². The monoisotopic (exact) mass is 374 g/mol. The molecular formula is C17H28Cl2N4O. The highest BCUT2D eigenvalue weighted by Gasteiger charge is 2.25. The topological polar surface area (TPSA) is 57.3 Å². The molecule has 7 heteroatoms. The Morgan fingerprint density at radius 2 is 2.04 bits per heavy atom. The summed E-state index contributed by atoms with van der Waals surface area (Å²) in [4.78, 5) is 19.5. The van der Waals surface area contributed by atoms with E-state index in [1.165, 1.54) is 19.3 Å². The molecule has 2 aliphatic heterocycles. The van der Waals surface area contributed by atoms with E-state index in [9.17, 15) is 4.79 Å². The van der Waals surface area contributed by atoms with Crippen LogP contribution < -0.4 is 15.5 Å². The third-order valence-corrected chi connectivity index (χ3v) is 4.79. The summed E-state index contributed by atoms with van der Waals surface area (Å²) in [5.74, 6) is 1.33. The quantitative estimate of drug-likeness (QED) is 0.853. The SMILES string of the molecule is CC1CNCCC1NC(=O)c1cccnc1N1CCCCC1.Cl.Cl. The minimum atomic E-state index is 0. The van der Waals surface area contributed by atoms with E-state index in [4.69, 9.17) is 0 Å². The Labute approximate surface area is 156 Å². The fourth-order valence-corrected chi connectivity index (χ4v) is 3.41. The van der Waals surface area contributed by atoms with Crippen molar-refractivity contribution in [1.82, 2.24) is 15.6 Å². The lowest BCUT2D eigenvalue weighted by Gasteiger charge is -2.32. The maximum absolute atomic E-state index is 12.7. The molecule has 1 amide bonds. The minimum Gasteiger partial charge on any atom is -0.356 e. The van der Waals surface area contributed by atoms with Crippen LogP contribution in [-0.4, -0.2) is 43.1 Å². The Bertz CT molecular complexity index is 523. The molecule has 0 aliphatic carbocycles. The molecule has 24 heavy (non-hydrogen) atoms. The molecular weight excluding hydrogens is 347 g/mol. The highest BCUT2D eigenvalue weighted by atomic mass is 35.5. The first-order valence-corrected chi connectivity index (χ1v) is 8.47. The first kappa shape index (κ1) is 21.0. The molecule has 0 bridgehead atoms. The Balaban J connectivity index is 0.00000144. The molecule has 2 atom stereocenters. The number of hydrogen-bond donors (Lipinski definition) is 2. The fourth-order valence-electron chi connectivity index (χ4n) is 3.41. The van der Waals surface area contributed by atoms with Crippen LogP contribution in [0.1, 0.15) is 43.0 Å². The lowest BCUT2D eigenvalue weighted by Crippen LogP contribution is -2.48. The van der Waals surface area contributed by atoms with E-state index < -0.39 is 0 Å². The second kappa shape index (κ2) is 10.1. The number of carbonyl (C=O) groups is 1. The van der Waals surface area contributed by atoms with Gasteiger partial charge in [-0.2, -0.15) is 0 Å². The van der Waals surface area contributed by atoms with Gasteiger partial charge in [0, 0.05) is 25.3 Å². The molecule has 3 heterocycles. The van der Waals surface area contributed by atoms with E-state index in [0.717, 1.165) is 44.0 Å². The molecule has 1 aromatic heterocycles. The van der Waals surface area contributed by atoms with Crippen molar-refractivity contribution in [2.24, 2.45) is 5.92 Å². The zero-order valence-electron chi connectivity index (χ0n) is 14.2. The molecule has 3 rings (SSSR count). The highest BCUT2D eigenvalue weighted by Crippen LogP contribution is 2.22. The number of nitrogens with one attached hydrogen (secondary N) is 2. The molecule has 2 aliphatic rings. The van der Waals surface area contributed by atoms with Crippen molar-refractivity contribution in [2.45, 2.75) is 38.6 Å². The van der Waals surface area contributed by atoms with Crippen molar-refractivity contribution in [2.75, 3.05) is 31.1 Å². The van der Waals surface area contributed by atoms with Crippen LogP contribution in [0.25, 0.3) is 0 Å². The summed E-state index contributed by atoms with van der Waals surface area (Å²) in [5, 5.41) is 6.59. The van der Waals surface area contributed by atoms with Gasteiger partial charge in [-0.05, 0) is 56.8 Å². The molecule has 0 aromatic carbocycles. The van der Waals surface area contributed by atoms with E-state index in [1.54, 1.807) is 6.20 Å². The van der Waals surface area contributed by atoms with Crippen LogP contribution in [0.3, 0.4) is 0 Å². The van der Waals surface area contributed by atoms with E-state index in [-0.39, 0.29) is 36.8 Å². The molecule has 2 N–H and O–H groups in total. The second-order valence-corrected chi connectivity index (χ2v) is 6.47. The van der Waals surface area contributed by atoms with Crippen LogP contribution in [-0.2, 0) is 0 Å². The number of nitrogens with zero attached hydrogens (tertiary/aromatic N) is 2. The summed E-state index contributed by atoms with van der Waals surface area (Å²) < 4.78 is 0. The summed E-state index contributed by atoms with van der Waals surface area (Å²) >= 11 is 0. The molecule has 0 radical (unpaired) electrons. The van der Waals surface area contributed by atoms with Gasteiger partial charge in [0.25, 0.3) is 5.91 Å². The number of amides is 1.